The van der Waals surface area contributed by atoms with Gasteiger partial charge in [0.05, 0.1) is 0 Å². The number of aromatic hydroxyl groups is 1. The van der Waals surface area contributed by atoms with Crippen LogP contribution in [0.1, 0.15) is 98.0 Å². The summed E-state index contributed by atoms with van der Waals surface area (Å²) >= 11 is 0. The fourth-order valence-corrected chi connectivity index (χ4v) is 6.84. The van der Waals surface area contributed by atoms with Crippen molar-refractivity contribution < 1.29 is 39.0 Å². The number of amides is 5. The van der Waals surface area contributed by atoms with Crippen LogP contribution in [0.3, 0.4) is 0 Å². The number of benzene rings is 1. The highest BCUT2D eigenvalue weighted by molar-refractivity contribution is 5.96. The van der Waals surface area contributed by atoms with Gasteiger partial charge < -0.3 is 58.9 Å². The number of carbonyl (C=O) groups excluding carboxylic acids is 5. The van der Waals surface area contributed by atoms with Gasteiger partial charge >= 0.3 is 5.97 Å². The van der Waals surface area contributed by atoms with Crippen LogP contribution in [0.2, 0.25) is 0 Å². The van der Waals surface area contributed by atoms with E-state index < -0.39 is 65.2 Å². The number of aliphatic imine (C=N–C) groups is 1. The van der Waals surface area contributed by atoms with Crippen molar-refractivity contribution >= 4 is 41.5 Å². The molecule has 1 heterocycles. The minimum Gasteiger partial charge on any atom is -0.508 e. The molecule has 6 atom stereocenters. The largest absolute Gasteiger partial charge is 0.508 e. The van der Waals surface area contributed by atoms with E-state index in [0.717, 1.165) is 19.3 Å². The summed E-state index contributed by atoms with van der Waals surface area (Å²) in [6, 6.07) is 0.363. The molecule has 18 heteroatoms. The van der Waals surface area contributed by atoms with E-state index in [0.29, 0.717) is 31.4 Å². The van der Waals surface area contributed by atoms with Crippen molar-refractivity contribution in [2.75, 3.05) is 26.7 Å². The average molecular weight is 817 g/mol. The average Bonchev–Trinajstić information content (AvgIpc) is 3.64. The number of nitrogens with two attached hydrogens (primary N) is 3. The van der Waals surface area contributed by atoms with Crippen LogP contribution in [0.25, 0.3) is 0 Å². The van der Waals surface area contributed by atoms with Crippen LogP contribution in [0.5, 0.6) is 5.75 Å². The molecular formula is C40H68N10O8. The topological polar surface area (TPSA) is 297 Å². The number of carbonyl (C=O) groups is 6. The van der Waals surface area contributed by atoms with E-state index in [1.165, 1.54) is 17.0 Å². The van der Waals surface area contributed by atoms with E-state index >= 15 is 0 Å². The van der Waals surface area contributed by atoms with Crippen molar-refractivity contribution in [3.8, 4) is 5.75 Å². The van der Waals surface area contributed by atoms with E-state index in [1.54, 1.807) is 40.0 Å². The van der Waals surface area contributed by atoms with Crippen molar-refractivity contribution in [1.82, 2.24) is 31.5 Å². The highest BCUT2D eigenvalue weighted by atomic mass is 16.4. The Hall–Kier alpha value is -4.97. The Bertz CT molecular complexity index is 1540. The maximum atomic E-state index is 14.2. The van der Waals surface area contributed by atoms with Gasteiger partial charge in [-0.25, -0.2) is 4.79 Å². The summed E-state index contributed by atoms with van der Waals surface area (Å²) in [6.07, 6.45) is 3.99. The Morgan fingerprint density at radius 3 is 2.14 bits per heavy atom. The highest BCUT2D eigenvalue weighted by Gasteiger charge is 2.41. The van der Waals surface area contributed by atoms with E-state index in [9.17, 15) is 39.0 Å². The van der Waals surface area contributed by atoms with Gasteiger partial charge in [0, 0.05) is 32.0 Å². The van der Waals surface area contributed by atoms with Crippen LogP contribution < -0.4 is 43.8 Å². The molecule has 0 bridgehead atoms. The lowest BCUT2D eigenvalue weighted by Crippen LogP contribution is -2.61. The van der Waals surface area contributed by atoms with Crippen molar-refractivity contribution in [3.63, 3.8) is 0 Å². The maximum absolute atomic E-state index is 14.2. The van der Waals surface area contributed by atoms with Crippen LogP contribution in [0, 0.1) is 11.3 Å². The fourth-order valence-electron chi connectivity index (χ4n) is 6.84. The summed E-state index contributed by atoms with van der Waals surface area (Å²) in [5.74, 6) is -4.15. The molecular weight excluding hydrogens is 749 g/mol. The number of nitrogens with zero attached hydrogens (tertiary/aromatic N) is 2. The van der Waals surface area contributed by atoms with E-state index in [4.69, 9.17) is 17.2 Å². The van der Waals surface area contributed by atoms with Gasteiger partial charge in [-0.2, -0.15) is 0 Å². The van der Waals surface area contributed by atoms with E-state index in [2.05, 4.69) is 31.6 Å². The minimum atomic E-state index is -1.24. The number of rotatable bonds is 24. The summed E-state index contributed by atoms with van der Waals surface area (Å²) in [6.45, 7) is 9.83. The predicted octanol–water partition coefficient (Wildman–Crippen LogP) is 0.202. The molecule has 0 spiro atoms. The molecule has 1 saturated heterocycles. The summed E-state index contributed by atoms with van der Waals surface area (Å²) in [4.78, 5) is 86.7. The minimum absolute atomic E-state index is 0.000707. The second kappa shape index (κ2) is 24.1. The van der Waals surface area contributed by atoms with Gasteiger partial charge in [-0.05, 0) is 87.6 Å². The van der Waals surface area contributed by atoms with Gasteiger partial charge in [0.25, 0.3) is 0 Å². The van der Waals surface area contributed by atoms with E-state index in [-0.39, 0.29) is 68.3 Å². The SMILES string of the molecule is CN[C@@H](CCCCN)CC(=O)N[C@@H](CCCN=C(N)N)C(=O)N1CCC[C@H]1C(=O)N[C@@H](Cc1ccc(O)cc1)C(=O)N[C@H](C(=O)N[C@@H](CC(C)C)C(=O)O)C(C)(C)C. The number of likely N-dealkylation sites (tertiary alicyclic amines) is 1. The Morgan fingerprint density at radius 2 is 1.57 bits per heavy atom. The molecule has 5 amide bonds. The van der Waals surface area contributed by atoms with Crippen molar-refractivity contribution in [2.45, 2.75) is 135 Å². The molecule has 0 aromatic heterocycles. The third-order valence-electron chi connectivity index (χ3n) is 10.0. The molecule has 1 aliphatic heterocycles. The molecule has 58 heavy (non-hydrogen) atoms. The smallest absolute Gasteiger partial charge is 0.326 e. The number of hydrogen-bond acceptors (Lipinski definition) is 10. The lowest BCUT2D eigenvalue weighted by molar-refractivity contribution is -0.143. The second-order valence-electron chi connectivity index (χ2n) is 16.5. The molecule has 1 aliphatic rings. The van der Waals surface area contributed by atoms with Crippen LogP contribution >= 0.6 is 0 Å². The monoisotopic (exact) mass is 817 g/mol. The van der Waals surface area contributed by atoms with Gasteiger partial charge in [0.1, 0.15) is 36.0 Å². The maximum Gasteiger partial charge on any atom is 0.326 e. The van der Waals surface area contributed by atoms with Gasteiger partial charge in [0.15, 0.2) is 5.96 Å². The van der Waals surface area contributed by atoms with Crippen molar-refractivity contribution in [3.05, 3.63) is 29.8 Å². The molecule has 2 rings (SSSR count). The number of carboxylic acids is 1. The first-order valence-corrected chi connectivity index (χ1v) is 20.2. The number of nitrogens with one attached hydrogen (secondary N) is 5. The predicted molar refractivity (Wildman–Crippen MR) is 221 cm³/mol. The molecule has 1 fully saturated rings. The lowest BCUT2D eigenvalue weighted by Gasteiger charge is -2.33. The fraction of sp³-hybridized carbons (Fsp3) is 0.675. The van der Waals surface area contributed by atoms with Gasteiger partial charge in [-0.3, -0.25) is 29.0 Å². The van der Waals surface area contributed by atoms with Gasteiger partial charge in [-0.1, -0.05) is 53.2 Å². The third kappa shape index (κ3) is 16.9. The quantitative estimate of drug-likeness (QED) is 0.0381. The van der Waals surface area contributed by atoms with Crippen LogP contribution in [-0.2, 0) is 35.2 Å². The van der Waals surface area contributed by atoms with Crippen molar-refractivity contribution in [1.29, 1.82) is 0 Å². The van der Waals surface area contributed by atoms with Gasteiger partial charge in [0.2, 0.25) is 29.5 Å². The first-order valence-electron chi connectivity index (χ1n) is 20.2. The molecule has 13 N–H and O–H groups in total. The van der Waals surface area contributed by atoms with Crippen molar-refractivity contribution in [2.24, 2.45) is 33.5 Å². The van der Waals surface area contributed by atoms with Gasteiger partial charge in [-0.15, -0.1) is 0 Å². The molecule has 0 radical (unpaired) electrons. The second-order valence-corrected chi connectivity index (χ2v) is 16.5. The molecule has 1 aromatic carbocycles. The number of carboxylic acid groups (broad SMARTS) is 1. The highest BCUT2D eigenvalue weighted by Crippen LogP contribution is 2.23. The van der Waals surface area contributed by atoms with Crippen LogP contribution in [0.4, 0.5) is 0 Å². The molecule has 0 unspecified atom stereocenters. The molecule has 0 saturated carbocycles. The Balaban J connectivity index is 2.37. The summed E-state index contributed by atoms with van der Waals surface area (Å²) in [5.41, 5.74) is 16.3. The molecule has 1 aromatic rings. The zero-order chi connectivity index (χ0) is 43.6. The summed E-state index contributed by atoms with van der Waals surface area (Å²) in [5, 5.41) is 33.8. The zero-order valence-corrected chi connectivity index (χ0v) is 35.0. The molecule has 0 aliphatic carbocycles. The summed E-state index contributed by atoms with van der Waals surface area (Å²) < 4.78 is 0. The first-order chi connectivity index (χ1) is 27.3. The third-order valence-corrected chi connectivity index (χ3v) is 10.0. The number of phenolic OH excluding ortho intramolecular Hbond substituents is 1. The number of unbranched alkanes of at least 4 members (excludes halogenated alkanes) is 1. The molecule has 326 valence electrons. The van der Waals surface area contributed by atoms with Crippen LogP contribution in [-0.4, -0.2) is 120 Å². The standard InChI is InChI=1S/C40H68N10O8/c1-24(2)21-30(38(57)58)48-36(55)33(40(3,4)5)49-34(53)29(22-25-14-16-27(51)17-15-25)47-35(54)31-13-10-20-50(31)37(56)28(12-9-19-45-39(42)43)46-32(52)23-26(44-6)11-7-8-18-41/h14-17,24,26,28-31,33,44,51H,7-13,18-23,41H2,1-6H3,(H,46,52)(H,47,54)(H,48,55)(H,49,53)(H,57,58)(H4,42,43,45)/t26-,28-,29-,30-,31-,33+/m0/s1. The number of hydrogen-bond donors (Lipinski definition) is 10. The number of phenols is 1. The van der Waals surface area contributed by atoms with E-state index in [1.807, 2.05) is 13.8 Å². The zero-order valence-electron chi connectivity index (χ0n) is 35.0. The lowest BCUT2D eigenvalue weighted by atomic mass is 9.85. The Labute approximate surface area is 342 Å². The normalized spacial score (nSPS) is 16.7. The van der Waals surface area contributed by atoms with Crippen LogP contribution in [0.15, 0.2) is 29.3 Å². The Kier molecular flexibility index (Phi) is 20.4. The summed E-state index contributed by atoms with van der Waals surface area (Å²) in [7, 11) is 1.77. The number of aliphatic carboxylic acids is 1. The number of guanidine groups is 1. The first kappa shape index (κ1) is 49.2. The Morgan fingerprint density at radius 1 is 0.897 bits per heavy atom. The molecule has 18 nitrogen and oxygen atoms in total.